The van der Waals surface area contributed by atoms with E-state index in [1.165, 1.54) is 10.6 Å². The summed E-state index contributed by atoms with van der Waals surface area (Å²) in [5, 5.41) is 0.817. The molecule has 3 aromatic heterocycles. The van der Waals surface area contributed by atoms with E-state index >= 15 is 0 Å². The molecular weight excluding hydrogens is 551 g/mol. The molecule has 0 saturated carbocycles. The summed E-state index contributed by atoms with van der Waals surface area (Å²) in [5.41, 5.74) is 2.32. The van der Waals surface area contributed by atoms with E-state index in [1.54, 1.807) is 41.4 Å². The first-order valence-electron chi connectivity index (χ1n) is 13.7. The van der Waals surface area contributed by atoms with Crippen molar-refractivity contribution in [2.75, 3.05) is 24.5 Å². The lowest BCUT2D eigenvalue weighted by molar-refractivity contribution is -0.126. The largest absolute Gasteiger partial charge is 0.355 e. The minimum absolute atomic E-state index is 0.000573. The second-order valence-corrected chi connectivity index (χ2v) is 11.1. The summed E-state index contributed by atoms with van der Waals surface area (Å²) in [5.74, 6) is 0.270. The Balaban J connectivity index is 1.83. The summed E-state index contributed by atoms with van der Waals surface area (Å²) in [7, 11) is 5.69. The molecule has 1 saturated heterocycles. The molecule has 0 aliphatic carbocycles. The number of benzene rings is 1. The minimum atomic E-state index is -0.623. The first kappa shape index (κ1) is 29.2. The highest BCUT2D eigenvalue weighted by Crippen LogP contribution is 2.36. The number of carbonyl (C=O) groups excluding carboxylic acids is 2. The van der Waals surface area contributed by atoms with Crippen molar-refractivity contribution in [1.82, 2.24) is 24.4 Å². The van der Waals surface area contributed by atoms with Crippen LogP contribution in [0.1, 0.15) is 48.3 Å². The van der Waals surface area contributed by atoms with Crippen molar-refractivity contribution in [1.29, 1.82) is 0 Å². The monoisotopic (exact) mass is 580 g/mol. The molecule has 1 aromatic carbocycles. The van der Waals surface area contributed by atoms with Crippen LogP contribution in [-0.4, -0.2) is 69.5 Å². The van der Waals surface area contributed by atoms with Gasteiger partial charge in [-0.15, -0.1) is 0 Å². The van der Waals surface area contributed by atoms with Gasteiger partial charge in [0.15, 0.2) is 13.5 Å². The van der Waals surface area contributed by atoms with Gasteiger partial charge in [0.25, 0.3) is 0 Å². The Hall–Kier alpha value is -4.31. The second-order valence-electron chi connectivity index (χ2n) is 10.7. The number of carbonyl (C=O) groups is 2. The van der Waals surface area contributed by atoms with Crippen molar-refractivity contribution in [3.63, 3.8) is 0 Å². The van der Waals surface area contributed by atoms with Gasteiger partial charge in [-0.1, -0.05) is 56.3 Å². The Morgan fingerprint density at radius 3 is 2.57 bits per heavy atom. The van der Waals surface area contributed by atoms with E-state index in [9.17, 15) is 14.4 Å². The van der Waals surface area contributed by atoms with Crippen LogP contribution in [0.25, 0.3) is 28.0 Å². The lowest BCUT2D eigenvalue weighted by Crippen LogP contribution is -2.54. The van der Waals surface area contributed by atoms with Crippen LogP contribution < -0.4 is 10.6 Å². The van der Waals surface area contributed by atoms with Gasteiger partial charge in [0.05, 0.1) is 27.5 Å². The summed E-state index contributed by atoms with van der Waals surface area (Å²) in [6.45, 7) is 12.8. The van der Waals surface area contributed by atoms with E-state index in [0.717, 1.165) is 5.56 Å². The third kappa shape index (κ3) is 5.11. The zero-order valence-electron chi connectivity index (χ0n) is 24.0. The predicted octanol–water partition coefficient (Wildman–Crippen LogP) is 4.46. The number of anilines is 1. The van der Waals surface area contributed by atoms with Crippen molar-refractivity contribution in [3.8, 4) is 16.9 Å². The lowest BCUT2D eigenvalue weighted by atomic mass is 9.90. The quantitative estimate of drug-likeness (QED) is 0.245. The van der Waals surface area contributed by atoms with E-state index in [1.807, 2.05) is 38.7 Å². The normalized spacial score (nSPS) is 15.3. The molecule has 0 N–H and O–H groups in total. The Morgan fingerprint density at radius 2 is 1.90 bits per heavy atom. The zero-order chi connectivity index (χ0) is 30.3. The fourth-order valence-corrected chi connectivity index (χ4v) is 5.76. The number of aromatic nitrogens is 4. The Bertz CT molecular complexity index is 1800. The smallest absolute Gasteiger partial charge is 0.350 e. The van der Waals surface area contributed by atoms with Crippen molar-refractivity contribution in [3.05, 3.63) is 87.6 Å². The van der Waals surface area contributed by atoms with E-state index in [0.29, 0.717) is 59.1 Å². The highest BCUT2D eigenvalue weighted by Gasteiger charge is 2.30. The van der Waals surface area contributed by atoms with Crippen LogP contribution in [0.4, 0.5) is 5.82 Å². The summed E-state index contributed by atoms with van der Waals surface area (Å²) in [6.07, 6.45) is 3.02. The van der Waals surface area contributed by atoms with E-state index < -0.39 is 11.4 Å². The van der Waals surface area contributed by atoms with Gasteiger partial charge in [-0.05, 0) is 43.5 Å². The predicted molar refractivity (Wildman–Crippen MR) is 166 cm³/mol. The van der Waals surface area contributed by atoms with Crippen molar-refractivity contribution >= 4 is 47.9 Å². The third-order valence-electron chi connectivity index (χ3n) is 7.56. The van der Waals surface area contributed by atoms with Crippen molar-refractivity contribution in [2.45, 2.75) is 39.7 Å². The number of piperazine rings is 1. The zero-order valence-corrected chi connectivity index (χ0v) is 24.7. The molecule has 9 nitrogen and oxygen atoms in total. The fourth-order valence-electron chi connectivity index (χ4n) is 5.51. The molecule has 0 unspecified atom stereocenters. The maximum atomic E-state index is 14.0. The number of rotatable bonds is 6. The van der Waals surface area contributed by atoms with Gasteiger partial charge in [-0.3, -0.25) is 9.78 Å². The molecule has 1 atom stereocenters. The lowest BCUT2D eigenvalue weighted by Gasteiger charge is -2.40. The van der Waals surface area contributed by atoms with E-state index in [4.69, 9.17) is 24.4 Å². The minimum Gasteiger partial charge on any atom is -0.350 e. The standard InChI is InChI=1S/C31H30BClN6O3/c1-6-24(40)37-13-14-38(19(5)16-37)29-22-15-23(33)26(20-9-7-8-10-21(20)28(32)41)35-30(22)39(31(42)36-29)27-18(4)11-12-34-25(27)17(2)3/h6-12,15,17,19H,1,13-14,16H2,2-5H3/t19-/m0/s1. The number of nitrogens with zero attached hydrogens (tertiary/aromatic N) is 6. The number of fused-ring (bicyclic) bond motifs is 1. The van der Waals surface area contributed by atoms with Gasteiger partial charge in [-0.25, -0.2) is 14.3 Å². The molecule has 4 aromatic rings. The highest BCUT2D eigenvalue weighted by atomic mass is 35.5. The van der Waals surface area contributed by atoms with Crippen LogP contribution in [0.15, 0.2) is 60.0 Å². The van der Waals surface area contributed by atoms with Gasteiger partial charge in [-0.2, -0.15) is 4.98 Å². The molecule has 0 bridgehead atoms. The van der Waals surface area contributed by atoms with Gasteiger partial charge in [0, 0.05) is 43.0 Å². The topological polar surface area (TPSA) is 101 Å². The maximum absolute atomic E-state index is 14.0. The number of aryl methyl sites for hydroxylation is 1. The highest BCUT2D eigenvalue weighted by molar-refractivity contribution is 6.63. The van der Waals surface area contributed by atoms with Gasteiger partial charge in [0.1, 0.15) is 11.5 Å². The van der Waals surface area contributed by atoms with Gasteiger partial charge >= 0.3 is 5.69 Å². The molecule has 212 valence electrons. The van der Waals surface area contributed by atoms with Crippen LogP contribution in [0.2, 0.25) is 5.02 Å². The summed E-state index contributed by atoms with van der Waals surface area (Å²) in [6, 6.07) is 10.2. The maximum Gasteiger partial charge on any atom is 0.355 e. The van der Waals surface area contributed by atoms with Crippen LogP contribution in [-0.2, 0) is 4.79 Å². The van der Waals surface area contributed by atoms with Gasteiger partial charge < -0.3 is 14.6 Å². The molecule has 4 heterocycles. The molecule has 5 rings (SSSR count). The summed E-state index contributed by atoms with van der Waals surface area (Å²) in [4.78, 5) is 56.5. The average molecular weight is 581 g/mol. The third-order valence-corrected chi connectivity index (χ3v) is 7.85. The molecule has 1 amide bonds. The Kier molecular flexibility index (Phi) is 8.01. The first-order chi connectivity index (χ1) is 20.0. The summed E-state index contributed by atoms with van der Waals surface area (Å²) < 4.78 is 1.48. The second kappa shape index (κ2) is 11.5. The van der Waals surface area contributed by atoms with Gasteiger partial charge in [0.2, 0.25) is 5.91 Å². The van der Waals surface area contributed by atoms with Crippen molar-refractivity contribution < 1.29 is 9.59 Å². The summed E-state index contributed by atoms with van der Waals surface area (Å²) >= 11 is 6.87. The van der Waals surface area contributed by atoms with Crippen LogP contribution in [0, 0.1) is 6.92 Å². The number of halogens is 1. The number of amides is 1. The molecule has 2 radical (unpaired) electrons. The molecule has 1 fully saturated rings. The van der Waals surface area contributed by atoms with E-state index in [-0.39, 0.29) is 28.5 Å². The molecule has 1 aliphatic heterocycles. The Morgan fingerprint density at radius 1 is 1.17 bits per heavy atom. The van der Waals surface area contributed by atoms with E-state index in [2.05, 4.69) is 16.5 Å². The number of pyridine rings is 2. The Labute approximate surface area is 250 Å². The average Bonchev–Trinajstić information content (AvgIpc) is 2.96. The molecule has 1 aliphatic rings. The van der Waals surface area contributed by atoms with Crippen molar-refractivity contribution in [2.24, 2.45) is 0 Å². The first-order valence-corrected chi connectivity index (χ1v) is 14.1. The molecular formula is C31H30BClN6O3. The van der Waals surface area contributed by atoms with Crippen LogP contribution in [0.3, 0.4) is 0 Å². The molecule has 11 heteroatoms. The number of hydrogen-bond donors (Lipinski definition) is 0. The molecule has 42 heavy (non-hydrogen) atoms. The SMILES string of the molecule is [B]C(=O)c1ccccc1-c1nc2c(cc1Cl)c(N1CCN(C(=O)C=C)C[C@@H]1C)nc(=O)n2-c1c(C)ccnc1C(C)C. The van der Waals surface area contributed by atoms with Crippen LogP contribution >= 0.6 is 11.6 Å². The number of hydrogen-bond acceptors (Lipinski definition) is 7. The fraction of sp³-hybridized carbons (Fsp3) is 0.290. The van der Waals surface area contributed by atoms with Crippen LogP contribution in [0.5, 0.6) is 0 Å². The molecule has 0 spiro atoms.